The van der Waals surface area contributed by atoms with E-state index in [4.69, 9.17) is 14.6 Å². The third-order valence-corrected chi connectivity index (χ3v) is 2.67. The van der Waals surface area contributed by atoms with Crippen molar-refractivity contribution in [3.05, 3.63) is 11.8 Å². The molecule has 106 valence electrons. The van der Waals surface area contributed by atoms with Gasteiger partial charge in [-0.15, -0.1) is 0 Å². The fraction of sp³-hybridized carbons (Fsp3) is 0.833. The summed E-state index contributed by atoms with van der Waals surface area (Å²) in [5.41, 5.74) is 0. The molecular weight excluding hydrogens is 249 g/mol. The van der Waals surface area contributed by atoms with E-state index in [9.17, 15) is 13.2 Å². The Morgan fingerprint density at radius 1 is 1.39 bits per heavy atom. The van der Waals surface area contributed by atoms with Gasteiger partial charge in [-0.1, -0.05) is 26.2 Å². The van der Waals surface area contributed by atoms with Crippen molar-refractivity contribution in [2.45, 2.75) is 57.6 Å². The zero-order valence-electron chi connectivity index (χ0n) is 10.4. The van der Waals surface area contributed by atoms with Crippen molar-refractivity contribution in [2.24, 2.45) is 0 Å². The van der Waals surface area contributed by atoms with Gasteiger partial charge in [-0.2, -0.15) is 13.2 Å². The third-order valence-electron chi connectivity index (χ3n) is 2.67. The Bertz CT molecular complexity index is 276. The number of rotatable bonds is 6. The van der Waals surface area contributed by atoms with Crippen LogP contribution >= 0.6 is 0 Å². The molecule has 1 aliphatic heterocycles. The summed E-state index contributed by atoms with van der Waals surface area (Å²) < 4.78 is 47.3. The van der Waals surface area contributed by atoms with Gasteiger partial charge in [-0.25, -0.2) is 0 Å². The number of aliphatic hydroxyl groups is 1. The molecule has 0 spiro atoms. The molecule has 0 radical (unpaired) electrons. The van der Waals surface area contributed by atoms with Gasteiger partial charge in [-0.05, 0) is 12.5 Å². The standard InChI is InChI=1S/C12H19F3O3/c1-2-3-4-5-8-17-10-7-6-9(16)11(18-10)12(13,14)15/h6,10-11,16H,2-5,7-8H2,1H3. The Kier molecular flexibility index (Phi) is 5.95. The normalized spacial score (nSPS) is 25.0. The minimum atomic E-state index is -4.61. The van der Waals surface area contributed by atoms with Gasteiger partial charge in [0.2, 0.25) is 6.10 Å². The van der Waals surface area contributed by atoms with E-state index in [1.54, 1.807) is 0 Å². The van der Waals surface area contributed by atoms with Crippen LogP contribution in [-0.2, 0) is 9.47 Å². The van der Waals surface area contributed by atoms with E-state index in [0.717, 1.165) is 31.8 Å². The van der Waals surface area contributed by atoms with Crippen LogP contribution in [0.5, 0.6) is 0 Å². The summed E-state index contributed by atoms with van der Waals surface area (Å²) in [5, 5.41) is 9.12. The first-order valence-electron chi connectivity index (χ1n) is 6.18. The molecule has 0 amide bonds. The van der Waals surface area contributed by atoms with Crippen LogP contribution in [-0.4, -0.2) is 30.3 Å². The van der Waals surface area contributed by atoms with E-state index in [1.165, 1.54) is 0 Å². The first-order chi connectivity index (χ1) is 8.45. The van der Waals surface area contributed by atoms with Crippen LogP contribution in [0.15, 0.2) is 11.8 Å². The number of halogens is 3. The molecule has 18 heavy (non-hydrogen) atoms. The van der Waals surface area contributed by atoms with E-state index in [-0.39, 0.29) is 6.42 Å². The molecule has 1 rings (SSSR count). The predicted molar refractivity (Wildman–Crippen MR) is 60.1 cm³/mol. The summed E-state index contributed by atoms with van der Waals surface area (Å²) in [6, 6.07) is 0. The van der Waals surface area contributed by atoms with Crippen LogP contribution in [0.1, 0.15) is 39.0 Å². The van der Waals surface area contributed by atoms with E-state index in [1.807, 2.05) is 0 Å². The SMILES string of the molecule is CCCCCCOC1CC=C(O)C(C(F)(F)F)O1. The Morgan fingerprint density at radius 3 is 2.72 bits per heavy atom. The number of unbranched alkanes of at least 4 members (excludes halogenated alkanes) is 3. The van der Waals surface area contributed by atoms with Crippen LogP contribution in [0.25, 0.3) is 0 Å². The Balaban J connectivity index is 2.33. The molecule has 1 aliphatic rings. The smallest absolute Gasteiger partial charge is 0.422 e. The monoisotopic (exact) mass is 268 g/mol. The Labute approximate surface area is 105 Å². The van der Waals surface area contributed by atoms with Crippen molar-refractivity contribution in [3.8, 4) is 0 Å². The van der Waals surface area contributed by atoms with Gasteiger partial charge in [0.1, 0.15) is 5.76 Å². The molecule has 3 nitrogen and oxygen atoms in total. The summed E-state index contributed by atoms with van der Waals surface area (Å²) >= 11 is 0. The molecule has 0 aromatic carbocycles. The molecular formula is C12H19F3O3. The van der Waals surface area contributed by atoms with E-state index >= 15 is 0 Å². The molecule has 0 fully saturated rings. The lowest BCUT2D eigenvalue weighted by Crippen LogP contribution is -2.40. The highest BCUT2D eigenvalue weighted by Crippen LogP contribution is 2.32. The Morgan fingerprint density at radius 2 is 2.11 bits per heavy atom. The second kappa shape index (κ2) is 6.99. The van der Waals surface area contributed by atoms with Crippen LogP contribution < -0.4 is 0 Å². The molecule has 0 aliphatic carbocycles. The van der Waals surface area contributed by atoms with Crippen LogP contribution in [0, 0.1) is 0 Å². The third kappa shape index (κ3) is 4.86. The molecule has 1 N–H and O–H groups in total. The average Bonchev–Trinajstić information content (AvgIpc) is 2.29. The molecule has 0 aromatic rings. The molecule has 0 bridgehead atoms. The maximum absolute atomic E-state index is 12.5. The number of alkyl halides is 3. The second-order valence-electron chi connectivity index (χ2n) is 4.28. The summed E-state index contributed by atoms with van der Waals surface area (Å²) in [5.74, 6) is -0.784. The minimum Gasteiger partial charge on any atom is -0.510 e. The van der Waals surface area contributed by atoms with Gasteiger partial charge in [0.25, 0.3) is 0 Å². The first-order valence-corrected chi connectivity index (χ1v) is 6.18. The lowest BCUT2D eigenvalue weighted by atomic mass is 10.2. The summed E-state index contributed by atoms with van der Waals surface area (Å²) in [6.07, 6.45) is -2.56. The van der Waals surface area contributed by atoms with E-state index < -0.39 is 24.3 Å². The molecule has 0 saturated carbocycles. The number of ether oxygens (including phenoxy) is 2. The summed E-state index contributed by atoms with van der Waals surface area (Å²) in [7, 11) is 0. The number of hydrogen-bond donors (Lipinski definition) is 1. The van der Waals surface area contributed by atoms with Gasteiger partial charge < -0.3 is 14.6 Å². The summed E-state index contributed by atoms with van der Waals surface area (Å²) in [4.78, 5) is 0. The first kappa shape index (κ1) is 15.3. The highest BCUT2D eigenvalue weighted by atomic mass is 19.4. The lowest BCUT2D eigenvalue weighted by molar-refractivity contribution is -0.271. The van der Waals surface area contributed by atoms with Gasteiger partial charge in [-0.3, -0.25) is 0 Å². The van der Waals surface area contributed by atoms with Crippen molar-refractivity contribution < 1.29 is 27.8 Å². The van der Waals surface area contributed by atoms with Gasteiger partial charge in [0.05, 0.1) is 0 Å². The summed E-state index contributed by atoms with van der Waals surface area (Å²) in [6.45, 7) is 2.45. The maximum Gasteiger partial charge on any atom is 0.422 e. The molecule has 0 aromatic heterocycles. The zero-order valence-corrected chi connectivity index (χ0v) is 10.4. The van der Waals surface area contributed by atoms with E-state index in [2.05, 4.69) is 6.92 Å². The largest absolute Gasteiger partial charge is 0.510 e. The fourth-order valence-corrected chi connectivity index (χ4v) is 1.70. The second-order valence-corrected chi connectivity index (χ2v) is 4.28. The van der Waals surface area contributed by atoms with Crippen molar-refractivity contribution in [3.63, 3.8) is 0 Å². The molecule has 2 atom stereocenters. The fourth-order valence-electron chi connectivity index (χ4n) is 1.70. The van der Waals surface area contributed by atoms with Crippen molar-refractivity contribution in [1.29, 1.82) is 0 Å². The maximum atomic E-state index is 12.5. The molecule has 0 saturated heterocycles. The van der Waals surface area contributed by atoms with Crippen LogP contribution in [0.3, 0.4) is 0 Å². The van der Waals surface area contributed by atoms with E-state index in [0.29, 0.717) is 6.61 Å². The highest BCUT2D eigenvalue weighted by molar-refractivity contribution is 5.05. The number of aliphatic hydroxyl groups excluding tert-OH is 1. The topological polar surface area (TPSA) is 38.7 Å². The van der Waals surface area contributed by atoms with Crippen LogP contribution in [0.4, 0.5) is 13.2 Å². The molecule has 1 heterocycles. The van der Waals surface area contributed by atoms with Gasteiger partial charge >= 0.3 is 6.18 Å². The van der Waals surface area contributed by atoms with Crippen molar-refractivity contribution in [1.82, 2.24) is 0 Å². The van der Waals surface area contributed by atoms with Crippen molar-refractivity contribution >= 4 is 0 Å². The molecule has 6 heteroatoms. The van der Waals surface area contributed by atoms with Gasteiger partial charge in [0, 0.05) is 13.0 Å². The zero-order chi connectivity index (χ0) is 13.6. The predicted octanol–water partition coefficient (Wildman–Crippen LogP) is 3.70. The van der Waals surface area contributed by atoms with Crippen molar-refractivity contribution in [2.75, 3.05) is 6.61 Å². The molecule has 2 unspecified atom stereocenters. The highest BCUT2D eigenvalue weighted by Gasteiger charge is 2.46. The Hall–Kier alpha value is -0.750. The lowest BCUT2D eigenvalue weighted by Gasteiger charge is -2.29. The quantitative estimate of drug-likeness (QED) is 0.746. The van der Waals surface area contributed by atoms with Gasteiger partial charge in [0.15, 0.2) is 6.29 Å². The minimum absolute atomic E-state index is 0.145. The average molecular weight is 268 g/mol. The van der Waals surface area contributed by atoms with Crippen LogP contribution in [0.2, 0.25) is 0 Å². The number of hydrogen-bond acceptors (Lipinski definition) is 3.